The van der Waals surface area contributed by atoms with Gasteiger partial charge in [0.05, 0.1) is 18.8 Å². The van der Waals surface area contributed by atoms with Crippen molar-refractivity contribution in [2.75, 3.05) is 13.2 Å². The molecule has 2 atom stereocenters. The minimum atomic E-state index is -0.552. The van der Waals surface area contributed by atoms with Crippen molar-refractivity contribution in [1.82, 2.24) is 0 Å². The van der Waals surface area contributed by atoms with E-state index < -0.39 is 5.79 Å². The number of hydrogen-bond donors (Lipinski definition) is 0. The average molecular weight is 296 g/mol. The maximum Gasteiger partial charge on any atom is 0.330 e. The molecule has 0 aliphatic carbocycles. The molecule has 0 aromatic heterocycles. The van der Waals surface area contributed by atoms with Crippen LogP contribution in [0, 0.1) is 5.92 Å². The summed E-state index contributed by atoms with van der Waals surface area (Å²) in [6.07, 6.45) is 6.10. The number of esters is 1. The molecule has 1 aliphatic heterocycles. The predicted octanol–water partition coefficient (Wildman–Crippen LogP) is 3.62. The van der Waals surface area contributed by atoms with Crippen molar-refractivity contribution in [1.29, 1.82) is 0 Å². The minimum absolute atomic E-state index is 0.263. The first-order valence-electron chi connectivity index (χ1n) is 7.54. The lowest BCUT2D eigenvalue weighted by Gasteiger charge is -2.47. The van der Waals surface area contributed by atoms with Crippen molar-refractivity contribution in [3.8, 4) is 0 Å². The third-order valence-corrected chi connectivity index (χ3v) is 3.80. The smallest absolute Gasteiger partial charge is 0.330 e. The third-order valence-electron chi connectivity index (χ3n) is 3.80. The van der Waals surface area contributed by atoms with Crippen molar-refractivity contribution < 1.29 is 19.0 Å². The van der Waals surface area contributed by atoms with Crippen LogP contribution >= 0.6 is 0 Å². The van der Waals surface area contributed by atoms with Gasteiger partial charge < -0.3 is 14.2 Å². The molecular formula is C17H28O4. The number of hydrogen-bond acceptors (Lipinski definition) is 4. The molecule has 21 heavy (non-hydrogen) atoms. The molecule has 0 aromatic rings. The van der Waals surface area contributed by atoms with E-state index in [0.29, 0.717) is 19.1 Å². The van der Waals surface area contributed by atoms with Crippen LogP contribution in [0.15, 0.2) is 23.8 Å². The Morgan fingerprint density at radius 1 is 1.33 bits per heavy atom. The molecule has 0 unspecified atom stereocenters. The Morgan fingerprint density at radius 2 is 2.00 bits per heavy atom. The fourth-order valence-electron chi connectivity index (χ4n) is 2.26. The molecule has 0 aromatic carbocycles. The van der Waals surface area contributed by atoms with Crippen LogP contribution in [-0.2, 0) is 19.0 Å². The van der Waals surface area contributed by atoms with Gasteiger partial charge in [-0.2, -0.15) is 0 Å². The van der Waals surface area contributed by atoms with Crippen LogP contribution in [0.25, 0.3) is 0 Å². The highest BCUT2D eigenvalue weighted by Crippen LogP contribution is 2.37. The van der Waals surface area contributed by atoms with Crippen LogP contribution in [0.3, 0.4) is 0 Å². The maximum atomic E-state index is 11.3. The first kappa shape index (κ1) is 17.9. The third kappa shape index (κ3) is 5.64. The standard InChI is InChI=1S/C17H28O4/c1-7-19-15(18)9-8-13(2)10-11-17(6)14(3)12-20-16(4,5)21-17/h8-10,14H,7,11-12H2,1-6H3/b9-8+,13-10+/t14-,17+/m0/s1. The van der Waals surface area contributed by atoms with Gasteiger partial charge in [-0.3, -0.25) is 0 Å². The Kier molecular flexibility index (Phi) is 6.17. The molecule has 1 aliphatic rings. The summed E-state index contributed by atoms with van der Waals surface area (Å²) in [5.74, 6) is -0.555. The lowest BCUT2D eigenvalue weighted by molar-refractivity contribution is -0.324. The van der Waals surface area contributed by atoms with Crippen molar-refractivity contribution in [3.05, 3.63) is 23.8 Å². The van der Waals surface area contributed by atoms with Crippen LogP contribution in [-0.4, -0.2) is 30.6 Å². The Morgan fingerprint density at radius 3 is 2.62 bits per heavy atom. The molecule has 0 amide bonds. The zero-order valence-electron chi connectivity index (χ0n) is 14.1. The summed E-state index contributed by atoms with van der Waals surface area (Å²) in [5, 5.41) is 0. The minimum Gasteiger partial charge on any atom is -0.463 e. The van der Waals surface area contributed by atoms with Gasteiger partial charge >= 0.3 is 5.97 Å². The van der Waals surface area contributed by atoms with E-state index >= 15 is 0 Å². The average Bonchev–Trinajstić information content (AvgIpc) is 2.39. The van der Waals surface area contributed by atoms with Crippen molar-refractivity contribution in [2.45, 2.75) is 59.4 Å². The van der Waals surface area contributed by atoms with E-state index in [1.807, 2.05) is 20.8 Å². The second-order valence-corrected chi connectivity index (χ2v) is 6.26. The number of carbonyl (C=O) groups excluding carboxylic acids is 1. The van der Waals surface area contributed by atoms with Crippen LogP contribution in [0.5, 0.6) is 0 Å². The van der Waals surface area contributed by atoms with Crippen LogP contribution < -0.4 is 0 Å². The molecule has 1 saturated heterocycles. The molecule has 4 nitrogen and oxygen atoms in total. The monoisotopic (exact) mass is 296 g/mol. The number of allylic oxidation sites excluding steroid dienone is 2. The fourth-order valence-corrected chi connectivity index (χ4v) is 2.26. The Hall–Kier alpha value is -1.13. The summed E-state index contributed by atoms with van der Waals surface area (Å²) in [7, 11) is 0. The van der Waals surface area contributed by atoms with E-state index in [9.17, 15) is 4.79 Å². The van der Waals surface area contributed by atoms with Gasteiger partial charge in [-0.1, -0.05) is 24.6 Å². The molecule has 0 spiro atoms. The molecule has 0 saturated carbocycles. The second kappa shape index (κ2) is 7.23. The van der Waals surface area contributed by atoms with E-state index in [1.165, 1.54) is 6.08 Å². The van der Waals surface area contributed by atoms with Crippen molar-refractivity contribution in [2.24, 2.45) is 5.92 Å². The zero-order valence-corrected chi connectivity index (χ0v) is 14.1. The Balaban J connectivity index is 2.66. The molecular weight excluding hydrogens is 268 g/mol. The number of carbonyl (C=O) groups is 1. The van der Waals surface area contributed by atoms with Gasteiger partial charge in [0.15, 0.2) is 5.79 Å². The molecule has 1 heterocycles. The lowest BCUT2D eigenvalue weighted by Crippen LogP contribution is -2.52. The summed E-state index contributed by atoms with van der Waals surface area (Å²) >= 11 is 0. The van der Waals surface area contributed by atoms with Crippen molar-refractivity contribution in [3.63, 3.8) is 0 Å². The molecule has 120 valence electrons. The first-order valence-corrected chi connectivity index (χ1v) is 7.54. The highest BCUT2D eigenvalue weighted by molar-refractivity contribution is 5.82. The van der Waals surface area contributed by atoms with E-state index in [1.54, 1.807) is 13.0 Å². The van der Waals surface area contributed by atoms with Gasteiger partial charge in [0.25, 0.3) is 0 Å². The first-order chi connectivity index (χ1) is 9.68. The van der Waals surface area contributed by atoms with Gasteiger partial charge in [0.2, 0.25) is 0 Å². The van der Waals surface area contributed by atoms with E-state index in [-0.39, 0.29) is 11.6 Å². The van der Waals surface area contributed by atoms with Crippen LogP contribution in [0.1, 0.15) is 48.0 Å². The summed E-state index contributed by atoms with van der Waals surface area (Å²) < 4.78 is 16.6. The largest absolute Gasteiger partial charge is 0.463 e. The van der Waals surface area contributed by atoms with Crippen LogP contribution in [0.2, 0.25) is 0 Å². The fraction of sp³-hybridized carbons (Fsp3) is 0.706. The summed E-state index contributed by atoms with van der Waals surface area (Å²) in [6, 6.07) is 0. The number of ether oxygens (including phenoxy) is 3. The highest BCUT2D eigenvalue weighted by Gasteiger charge is 2.42. The highest BCUT2D eigenvalue weighted by atomic mass is 16.7. The lowest BCUT2D eigenvalue weighted by atomic mass is 9.85. The topological polar surface area (TPSA) is 44.8 Å². The predicted molar refractivity (Wildman–Crippen MR) is 82.8 cm³/mol. The van der Waals surface area contributed by atoms with Gasteiger partial charge in [-0.05, 0) is 41.0 Å². The van der Waals surface area contributed by atoms with Gasteiger partial charge in [0.1, 0.15) is 0 Å². The molecule has 0 N–H and O–H groups in total. The van der Waals surface area contributed by atoms with Crippen LogP contribution in [0.4, 0.5) is 0 Å². The molecule has 1 rings (SSSR count). The van der Waals surface area contributed by atoms with E-state index in [4.69, 9.17) is 14.2 Å². The summed E-state index contributed by atoms with van der Waals surface area (Å²) in [5.41, 5.74) is 0.755. The van der Waals surface area contributed by atoms with Gasteiger partial charge in [-0.25, -0.2) is 4.79 Å². The number of rotatable bonds is 5. The normalized spacial score (nSPS) is 29.6. The van der Waals surface area contributed by atoms with E-state index in [2.05, 4.69) is 19.9 Å². The second-order valence-electron chi connectivity index (χ2n) is 6.26. The van der Waals surface area contributed by atoms with E-state index in [0.717, 1.165) is 12.0 Å². The zero-order chi connectivity index (χ0) is 16.1. The maximum absolute atomic E-state index is 11.3. The Bertz CT molecular complexity index is 423. The van der Waals surface area contributed by atoms with Gasteiger partial charge in [-0.15, -0.1) is 0 Å². The SMILES string of the molecule is CCOC(=O)/C=C/C(C)=C/C[C@@]1(C)OC(C)(C)OC[C@@H]1C. The molecule has 1 fully saturated rings. The molecule has 0 bridgehead atoms. The summed E-state index contributed by atoms with van der Waals surface area (Å²) in [6.45, 7) is 13.0. The van der Waals surface area contributed by atoms with Gasteiger partial charge in [0, 0.05) is 12.0 Å². The Labute approximate surface area is 128 Å². The van der Waals surface area contributed by atoms with Crippen molar-refractivity contribution >= 4 is 5.97 Å². The quantitative estimate of drug-likeness (QED) is 0.441. The summed E-state index contributed by atoms with van der Waals surface area (Å²) in [4.78, 5) is 11.3. The molecule has 0 radical (unpaired) electrons. The molecule has 4 heteroatoms.